The fraction of sp³-hybridized carbons (Fsp3) is 0.560. The highest BCUT2D eigenvalue weighted by atomic mass is 35.5. The molecule has 2 atom stereocenters. The SMILES string of the molecule is COc1c(C)c2c(c(C(=O)C(F)(Cl)Cl)c1C/C=C(\C)CC(CCN1CCCC1)C(=O)O)C(=O)OC2N. The molecule has 1 aromatic rings. The lowest BCUT2D eigenvalue weighted by Crippen LogP contribution is -2.26. The van der Waals surface area contributed by atoms with Gasteiger partial charge in [0.25, 0.3) is 0 Å². The average Bonchev–Trinajstić information content (AvgIpc) is 3.41. The topological polar surface area (TPSA) is 119 Å². The monoisotopic (exact) mass is 544 g/mol. The Labute approximate surface area is 219 Å². The van der Waals surface area contributed by atoms with E-state index in [4.69, 9.17) is 38.4 Å². The van der Waals surface area contributed by atoms with E-state index in [2.05, 4.69) is 4.90 Å². The van der Waals surface area contributed by atoms with Gasteiger partial charge in [0.05, 0.1) is 18.6 Å². The number of hydrogen-bond donors (Lipinski definition) is 2. The number of alkyl halides is 3. The van der Waals surface area contributed by atoms with Crippen LogP contribution in [0.1, 0.15) is 76.2 Å². The molecule has 2 aliphatic rings. The number of ketones is 1. The number of ether oxygens (including phenoxy) is 2. The van der Waals surface area contributed by atoms with Gasteiger partial charge in [-0.15, -0.1) is 0 Å². The van der Waals surface area contributed by atoms with Crippen molar-refractivity contribution in [2.24, 2.45) is 11.7 Å². The van der Waals surface area contributed by atoms with E-state index in [1.54, 1.807) is 19.9 Å². The molecule has 36 heavy (non-hydrogen) atoms. The quantitative estimate of drug-likeness (QED) is 0.181. The molecule has 0 aliphatic carbocycles. The number of nitrogens with zero attached hydrogens (tertiary/aromatic N) is 1. The maximum absolute atomic E-state index is 14.4. The zero-order valence-electron chi connectivity index (χ0n) is 20.5. The predicted octanol–water partition coefficient (Wildman–Crippen LogP) is 4.48. The summed E-state index contributed by atoms with van der Waals surface area (Å²) in [6.45, 7) is 6.12. The third-order valence-electron chi connectivity index (χ3n) is 6.82. The number of cyclic esters (lactones) is 1. The van der Waals surface area contributed by atoms with Crippen molar-refractivity contribution in [3.63, 3.8) is 0 Å². The second kappa shape index (κ2) is 11.5. The van der Waals surface area contributed by atoms with E-state index in [0.717, 1.165) is 31.5 Å². The molecule has 8 nitrogen and oxygen atoms in total. The highest BCUT2D eigenvalue weighted by molar-refractivity contribution is 6.58. The standard InChI is InChI=1S/C25H31Cl2FN2O6/c1-13(12-15(23(32)33)8-11-30-9-4-5-10-30)6-7-16-18(21(31)25(26,27)28)19-17(14(2)20(16)35-3)22(29)36-24(19)34/h6,15,22H,4-5,7-12,29H2,1-3H3,(H,32,33)/b13-6+. The van der Waals surface area contributed by atoms with Gasteiger partial charge < -0.3 is 19.5 Å². The van der Waals surface area contributed by atoms with Gasteiger partial charge in [0.1, 0.15) is 5.75 Å². The number of likely N-dealkylation sites (tertiary alicyclic amines) is 1. The molecule has 0 spiro atoms. The van der Waals surface area contributed by atoms with Crippen LogP contribution in [0.3, 0.4) is 0 Å². The van der Waals surface area contributed by atoms with Crippen molar-refractivity contribution >= 4 is 40.9 Å². The van der Waals surface area contributed by atoms with Gasteiger partial charge in [-0.3, -0.25) is 15.3 Å². The Morgan fingerprint density at radius 2 is 2.00 bits per heavy atom. The van der Waals surface area contributed by atoms with Crippen LogP contribution >= 0.6 is 23.2 Å². The average molecular weight is 545 g/mol. The first-order valence-corrected chi connectivity index (χ1v) is 12.5. The summed E-state index contributed by atoms with van der Waals surface area (Å²) in [5.41, 5.74) is 6.99. The number of halogens is 3. The number of carbonyl (C=O) groups is 3. The zero-order valence-corrected chi connectivity index (χ0v) is 22.0. The van der Waals surface area contributed by atoms with Crippen molar-refractivity contribution < 1.29 is 33.4 Å². The number of aliphatic carboxylic acids is 1. The molecule has 3 N–H and O–H groups in total. The molecule has 2 aliphatic heterocycles. The molecule has 1 aromatic carbocycles. The lowest BCUT2D eigenvalue weighted by molar-refractivity contribution is -0.142. The molecule has 0 amide bonds. The third-order valence-corrected chi connectivity index (χ3v) is 7.16. The fourth-order valence-electron chi connectivity index (χ4n) is 5.01. The Kier molecular flexibility index (Phi) is 9.03. The number of rotatable bonds is 11. The summed E-state index contributed by atoms with van der Waals surface area (Å²) >= 11 is 11.0. The molecule has 0 bridgehead atoms. The Morgan fingerprint density at radius 3 is 2.56 bits per heavy atom. The van der Waals surface area contributed by atoms with Crippen LogP contribution in [-0.4, -0.2) is 59.1 Å². The van der Waals surface area contributed by atoms with E-state index >= 15 is 0 Å². The molecule has 3 rings (SSSR count). The number of Topliss-reactive ketones (excluding diaryl/α,β-unsaturated/α-hetero) is 1. The van der Waals surface area contributed by atoms with Gasteiger partial charge in [-0.05, 0) is 65.6 Å². The zero-order chi connectivity index (χ0) is 26.8. The number of esters is 1. The highest BCUT2D eigenvalue weighted by Gasteiger charge is 2.44. The van der Waals surface area contributed by atoms with Crippen LogP contribution in [0.4, 0.5) is 4.39 Å². The molecule has 0 saturated carbocycles. The number of methoxy groups -OCH3 is 1. The van der Waals surface area contributed by atoms with Crippen molar-refractivity contribution in [2.45, 2.75) is 56.8 Å². The predicted molar refractivity (Wildman–Crippen MR) is 133 cm³/mol. The Morgan fingerprint density at radius 1 is 1.36 bits per heavy atom. The van der Waals surface area contributed by atoms with Gasteiger partial charge in [0.2, 0.25) is 5.78 Å². The largest absolute Gasteiger partial charge is 0.496 e. The molecular formula is C25H31Cl2FN2O6. The molecule has 11 heteroatoms. The molecular weight excluding hydrogens is 514 g/mol. The maximum Gasteiger partial charge on any atom is 0.341 e. The van der Waals surface area contributed by atoms with Crippen LogP contribution in [-0.2, 0) is 16.0 Å². The summed E-state index contributed by atoms with van der Waals surface area (Å²) in [5.74, 6) is -3.47. The molecule has 2 unspecified atom stereocenters. The lowest BCUT2D eigenvalue weighted by atomic mass is 9.87. The number of carbonyl (C=O) groups excluding carboxylic acids is 2. The molecule has 1 fully saturated rings. The minimum atomic E-state index is -3.31. The molecule has 1 saturated heterocycles. The normalized spacial score (nSPS) is 19.2. The van der Waals surface area contributed by atoms with E-state index in [1.807, 2.05) is 0 Å². The van der Waals surface area contributed by atoms with Gasteiger partial charge >= 0.3 is 16.5 Å². The van der Waals surface area contributed by atoms with E-state index in [-0.39, 0.29) is 34.4 Å². The number of benzene rings is 1. The van der Waals surface area contributed by atoms with E-state index in [9.17, 15) is 23.9 Å². The van der Waals surface area contributed by atoms with Gasteiger partial charge in [-0.2, -0.15) is 4.39 Å². The number of allylic oxidation sites excluding steroid dienone is 2. The smallest absolute Gasteiger partial charge is 0.341 e. The highest BCUT2D eigenvalue weighted by Crippen LogP contribution is 2.44. The summed E-state index contributed by atoms with van der Waals surface area (Å²) in [7, 11) is 1.37. The molecule has 2 heterocycles. The first kappa shape index (κ1) is 28.4. The number of hydrogen-bond acceptors (Lipinski definition) is 7. The van der Waals surface area contributed by atoms with Gasteiger partial charge in [-0.1, -0.05) is 34.9 Å². The molecule has 0 aromatic heterocycles. The minimum absolute atomic E-state index is 0.0367. The minimum Gasteiger partial charge on any atom is -0.496 e. The van der Waals surface area contributed by atoms with Crippen molar-refractivity contribution in [1.82, 2.24) is 4.90 Å². The van der Waals surface area contributed by atoms with Crippen LogP contribution < -0.4 is 10.5 Å². The van der Waals surface area contributed by atoms with Crippen LogP contribution in [0.15, 0.2) is 11.6 Å². The fourth-order valence-corrected chi connectivity index (χ4v) is 5.19. The van der Waals surface area contributed by atoms with Crippen molar-refractivity contribution in [2.75, 3.05) is 26.7 Å². The number of fused-ring (bicyclic) bond motifs is 1. The van der Waals surface area contributed by atoms with Crippen LogP contribution in [0.2, 0.25) is 0 Å². The Balaban J connectivity index is 1.96. The first-order chi connectivity index (χ1) is 16.9. The van der Waals surface area contributed by atoms with Crippen molar-refractivity contribution in [1.29, 1.82) is 0 Å². The van der Waals surface area contributed by atoms with Crippen LogP contribution in [0.5, 0.6) is 5.75 Å². The van der Waals surface area contributed by atoms with Crippen molar-refractivity contribution in [3.8, 4) is 5.75 Å². The number of carboxylic acids is 1. The van der Waals surface area contributed by atoms with Gasteiger partial charge in [-0.25, -0.2) is 4.79 Å². The van der Waals surface area contributed by atoms with E-state index < -0.39 is 34.5 Å². The Hall–Kier alpha value is -2.20. The molecule has 198 valence electrons. The third kappa shape index (κ3) is 6.02. The lowest BCUT2D eigenvalue weighted by Gasteiger charge is -2.21. The first-order valence-electron chi connectivity index (χ1n) is 11.8. The van der Waals surface area contributed by atoms with E-state index in [1.165, 1.54) is 7.11 Å². The maximum atomic E-state index is 14.4. The number of carboxylic acid groups (broad SMARTS) is 1. The van der Waals surface area contributed by atoms with Crippen molar-refractivity contribution in [3.05, 3.63) is 39.5 Å². The summed E-state index contributed by atoms with van der Waals surface area (Å²) in [6.07, 6.45) is 3.67. The summed E-state index contributed by atoms with van der Waals surface area (Å²) in [6, 6.07) is 0. The molecule has 0 radical (unpaired) electrons. The van der Waals surface area contributed by atoms with E-state index in [0.29, 0.717) is 24.9 Å². The van der Waals surface area contributed by atoms with Gasteiger partial charge in [0.15, 0.2) is 6.23 Å². The number of nitrogens with two attached hydrogens (primary N) is 1. The van der Waals surface area contributed by atoms with Crippen LogP contribution in [0.25, 0.3) is 0 Å². The Bertz CT molecular complexity index is 1080. The summed E-state index contributed by atoms with van der Waals surface area (Å²) in [4.78, 5) is 39.7. The summed E-state index contributed by atoms with van der Waals surface area (Å²) in [5, 5.41) is 9.72. The van der Waals surface area contributed by atoms with Crippen LogP contribution in [0, 0.1) is 12.8 Å². The second-order valence-corrected chi connectivity index (χ2v) is 10.5. The van der Waals surface area contributed by atoms with Gasteiger partial charge in [0, 0.05) is 22.3 Å². The summed E-state index contributed by atoms with van der Waals surface area (Å²) < 4.78 is 21.7. The second-order valence-electron chi connectivity index (χ2n) is 9.28.